The third-order valence-corrected chi connectivity index (χ3v) is 3.81. The number of hydrogen-bond acceptors (Lipinski definition) is 4. The second kappa shape index (κ2) is 7.70. The Kier molecular flexibility index (Phi) is 5.18. The molecule has 3 rings (SSSR count). The van der Waals surface area contributed by atoms with Gasteiger partial charge in [0.25, 0.3) is 0 Å². The van der Waals surface area contributed by atoms with Crippen molar-refractivity contribution in [2.75, 3.05) is 0 Å². The van der Waals surface area contributed by atoms with Crippen LogP contribution in [-0.4, -0.2) is 16.0 Å². The van der Waals surface area contributed by atoms with Gasteiger partial charge in [0, 0.05) is 18.4 Å². The molecule has 0 saturated heterocycles. The summed E-state index contributed by atoms with van der Waals surface area (Å²) in [6.07, 6.45) is 0.601. The molecule has 0 spiro atoms. The van der Waals surface area contributed by atoms with Crippen LogP contribution in [0.2, 0.25) is 0 Å². The first-order chi connectivity index (χ1) is 12.1. The first-order valence-electron chi connectivity index (χ1n) is 8.04. The first-order valence-corrected chi connectivity index (χ1v) is 8.04. The molecule has 6 heteroatoms. The molecule has 1 atom stereocenters. The summed E-state index contributed by atoms with van der Waals surface area (Å²) in [5, 5.41) is 6.80. The summed E-state index contributed by atoms with van der Waals surface area (Å²) in [6.45, 7) is 1.85. The van der Waals surface area contributed by atoms with Crippen molar-refractivity contribution in [2.45, 2.75) is 25.8 Å². The highest BCUT2D eigenvalue weighted by Gasteiger charge is 2.13. The summed E-state index contributed by atoms with van der Waals surface area (Å²) in [4.78, 5) is 16.4. The predicted molar refractivity (Wildman–Crippen MR) is 91.0 cm³/mol. The van der Waals surface area contributed by atoms with Gasteiger partial charge in [-0.25, -0.2) is 4.39 Å². The molecular weight excluding hydrogens is 321 g/mol. The van der Waals surface area contributed by atoms with E-state index < -0.39 is 0 Å². The number of amides is 1. The summed E-state index contributed by atoms with van der Waals surface area (Å²) in [6, 6.07) is 15.4. The Hall–Kier alpha value is -3.02. The molecule has 0 aliphatic heterocycles. The third kappa shape index (κ3) is 4.50. The Bertz CT molecular complexity index is 831. The molecule has 1 N–H and O–H groups in total. The first kappa shape index (κ1) is 16.8. The Morgan fingerprint density at radius 3 is 2.60 bits per heavy atom. The highest BCUT2D eigenvalue weighted by molar-refractivity contribution is 5.76. The molecule has 25 heavy (non-hydrogen) atoms. The maximum Gasteiger partial charge on any atom is 0.227 e. The lowest BCUT2D eigenvalue weighted by Gasteiger charge is -2.13. The lowest BCUT2D eigenvalue weighted by Crippen LogP contribution is -2.26. The maximum atomic E-state index is 12.9. The molecule has 128 valence electrons. The van der Waals surface area contributed by atoms with Crippen LogP contribution < -0.4 is 5.32 Å². The number of aromatic nitrogens is 2. The molecule has 0 fully saturated rings. The van der Waals surface area contributed by atoms with Gasteiger partial charge in [-0.1, -0.05) is 47.6 Å². The van der Waals surface area contributed by atoms with Gasteiger partial charge in [0.05, 0.1) is 6.04 Å². The SMILES string of the molecule is C[C@H](NC(=O)CCc1nc(-c2ccccc2)no1)c1ccc(F)cc1. The van der Waals surface area contributed by atoms with Crippen molar-refractivity contribution < 1.29 is 13.7 Å². The Morgan fingerprint density at radius 1 is 1.16 bits per heavy atom. The summed E-state index contributed by atoms with van der Waals surface area (Å²) in [7, 11) is 0. The number of nitrogens with one attached hydrogen (secondary N) is 1. The van der Waals surface area contributed by atoms with Gasteiger partial charge in [-0.05, 0) is 24.6 Å². The average Bonchev–Trinajstić information content (AvgIpc) is 3.10. The number of carbonyl (C=O) groups is 1. The van der Waals surface area contributed by atoms with Gasteiger partial charge in [0.1, 0.15) is 5.82 Å². The topological polar surface area (TPSA) is 68.0 Å². The molecular formula is C19H18FN3O2. The highest BCUT2D eigenvalue weighted by atomic mass is 19.1. The van der Waals surface area contributed by atoms with Crippen LogP contribution in [0.4, 0.5) is 4.39 Å². The van der Waals surface area contributed by atoms with Crippen LogP contribution in [-0.2, 0) is 11.2 Å². The van der Waals surface area contributed by atoms with E-state index in [9.17, 15) is 9.18 Å². The zero-order valence-electron chi connectivity index (χ0n) is 13.8. The van der Waals surface area contributed by atoms with Crippen LogP contribution in [0.15, 0.2) is 59.1 Å². The quantitative estimate of drug-likeness (QED) is 0.744. The summed E-state index contributed by atoms with van der Waals surface area (Å²) < 4.78 is 18.1. The van der Waals surface area contributed by atoms with E-state index in [0.29, 0.717) is 18.1 Å². The van der Waals surface area contributed by atoms with Crippen LogP contribution in [0.5, 0.6) is 0 Å². The molecule has 1 amide bonds. The summed E-state index contributed by atoms with van der Waals surface area (Å²) >= 11 is 0. The average molecular weight is 339 g/mol. The zero-order valence-corrected chi connectivity index (χ0v) is 13.8. The Morgan fingerprint density at radius 2 is 1.88 bits per heavy atom. The van der Waals surface area contributed by atoms with Gasteiger partial charge in [-0.3, -0.25) is 4.79 Å². The van der Waals surface area contributed by atoms with E-state index in [0.717, 1.165) is 11.1 Å². The number of benzene rings is 2. The highest BCUT2D eigenvalue weighted by Crippen LogP contribution is 2.16. The van der Waals surface area contributed by atoms with E-state index in [1.165, 1.54) is 12.1 Å². The molecule has 0 radical (unpaired) electrons. The van der Waals surface area contributed by atoms with Crippen molar-refractivity contribution in [3.05, 3.63) is 71.9 Å². The third-order valence-electron chi connectivity index (χ3n) is 3.81. The van der Waals surface area contributed by atoms with Gasteiger partial charge in [-0.15, -0.1) is 0 Å². The number of hydrogen-bond donors (Lipinski definition) is 1. The molecule has 0 aliphatic rings. The van der Waals surface area contributed by atoms with Crippen LogP contribution in [0.1, 0.15) is 30.8 Å². The summed E-state index contributed by atoms with van der Waals surface area (Å²) in [5.74, 6) is 0.503. The fourth-order valence-corrected chi connectivity index (χ4v) is 2.43. The molecule has 5 nitrogen and oxygen atoms in total. The monoisotopic (exact) mass is 339 g/mol. The second-order valence-electron chi connectivity index (χ2n) is 5.72. The van der Waals surface area contributed by atoms with Crippen molar-refractivity contribution in [2.24, 2.45) is 0 Å². The number of halogens is 1. The number of nitrogens with zero attached hydrogens (tertiary/aromatic N) is 2. The van der Waals surface area contributed by atoms with Crippen LogP contribution in [0.3, 0.4) is 0 Å². The van der Waals surface area contributed by atoms with Crippen molar-refractivity contribution in [1.82, 2.24) is 15.5 Å². The molecule has 2 aromatic carbocycles. The normalized spacial score (nSPS) is 11.9. The number of carbonyl (C=O) groups excluding carboxylic acids is 1. The molecule has 0 unspecified atom stereocenters. The van der Waals surface area contributed by atoms with Gasteiger partial charge < -0.3 is 9.84 Å². The van der Waals surface area contributed by atoms with E-state index in [1.807, 2.05) is 37.3 Å². The second-order valence-corrected chi connectivity index (χ2v) is 5.72. The maximum absolute atomic E-state index is 12.9. The predicted octanol–water partition coefficient (Wildman–Crippen LogP) is 3.69. The van der Waals surface area contributed by atoms with Gasteiger partial charge in [0.2, 0.25) is 17.6 Å². The van der Waals surface area contributed by atoms with E-state index >= 15 is 0 Å². The van der Waals surface area contributed by atoms with Crippen molar-refractivity contribution in [3.8, 4) is 11.4 Å². The van der Waals surface area contributed by atoms with E-state index in [1.54, 1.807) is 12.1 Å². The Labute approximate surface area is 144 Å². The molecule has 0 saturated carbocycles. The lowest BCUT2D eigenvalue weighted by molar-refractivity contribution is -0.121. The van der Waals surface area contributed by atoms with Gasteiger partial charge >= 0.3 is 0 Å². The standard InChI is InChI=1S/C19H18FN3O2/c1-13(14-7-9-16(20)10-8-14)21-17(24)11-12-18-22-19(23-25-18)15-5-3-2-4-6-15/h2-10,13H,11-12H2,1H3,(H,21,24)/t13-/m0/s1. The molecule has 1 aromatic heterocycles. The zero-order chi connectivity index (χ0) is 17.6. The number of aryl methyl sites for hydroxylation is 1. The fourth-order valence-electron chi connectivity index (χ4n) is 2.43. The largest absolute Gasteiger partial charge is 0.350 e. The lowest BCUT2D eigenvalue weighted by atomic mass is 10.1. The van der Waals surface area contributed by atoms with Gasteiger partial charge in [0.15, 0.2) is 0 Å². The minimum Gasteiger partial charge on any atom is -0.350 e. The minimum absolute atomic E-state index is 0.128. The molecule has 1 heterocycles. The Balaban J connectivity index is 1.52. The number of rotatable bonds is 6. The van der Waals surface area contributed by atoms with Crippen LogP contribution in [0, 0.1) is 5.82 Å². The van der Waals surface area contributed by atoms with Crippen molar-refractivity contribution in [3.63, 3.8) is 0 Å². The van der Waals surface area contributed by atoms with E-state index in [4.69, 9.17) is 4.52 Å². The molecule has 3 aromatic rings. The molecule has 0 bridgehead atoms. The van der Waals surface area contributed by atoms with E-state index in [2.05, 4.69) is 15.5 Å². The van der Waals surface area contributed by atoms with Crippen molar-refractivity contribution >= 4 is 5.91 Å². The van der Waals surface area contributed by atoms with E-state index in [-0.39, 0.29) is 24.2 Å². The molecule has 0 aliphatic carbocycles. The van der Waals surface area contributed by atoms with Crippen LogP contribution >= 0.6 is 0 Å². The fraction of sp³-hybridized carbons (Fsp3) is 0.211. The van der Waals surface area contributed by atoms with Gasteiger partial charge in [-0.2, -0.15) is 4.98 Å². The van der Waals surface area contributed by atoms with Crippen LogP contribution in [0.25, 0.3) is 11.4 Å². The minimum atomic E-state index is -0.298. The smallest absolute Gasteiger partial charge is 0.227 e. The van der Waals surface area contributed by atoms with Crippen molar-refractivity contribution in [1.29, 1.82) is 0 Å². The summed E-state index contributed by atoms with van der Waals surface area (Å²) in [5.41, 5.74) is 1.71.